The van der Waals surface area contributed by atoms with Gasteiger partial charge in [0.05, 0.1) is 5.41 Å². The first kappa shape index (κ1) is 16.3. The largest absolute Gasteiger partial charge is 0.481 e. The molecule has 0 spiro atoms. The molecule has 0 aromatic heterocycles. The van der Waals surface area contributed by atoms with Gasteiger partial charge in [0.15, 0.2) is 0 Å². The average molecular weight is 295 g/mol. The van der Waals surface area contributed by atoms with Crippen LogP contribution < -0.4 is 0 Å². The molecule has 120 valence electrons. The zero-order valence-corrected chi connectivity index (χ0v) is 13.3. The van der Waals surface area contributed by atoms with E-state index in [0.29, 0.717) is 38.3 Å². The number of rotatable bonds is 5. The van der Waals surface area contributed by atoms with E-state index in [4.69, 9.17) is 0 Å². The second-order valence-corrected chi connectivity index (χ2v) is 6.96. The summed E-state index contributed by atoms with van der Waals surface area (Å²) in [6, 6.07) is 0. The van der Waals surface area contributed by atoms with E-state index in [2.05, 4.69) is 0 Å². The number of hydrogen-bond acceptors (Lipinski definition) is 2. The Labute approximate surface area is 127 Å². The van der Waals surface area contributed by atoms with Gasteiger partial charge < -0.3 is 10.0 Å². The number of carbonyl (C=O) groups is 2. The van der Waals surface area contributed by atoms with E-state index >= 15 is 0 Å². The van der Waals surface area contributed by atoms with Crippen molar-refractivity contribution < 1.29 is 14.7 Å². The maximum atomic E-state index is 12.5. The SMILES string of the molecule is CCCC1(C(=O)O)CCN(C(=O)CC2CCCCCC2)C1. The topological polar surface area (TPSA) is 57.6 Å². The summed E-state index contributed by atoms with van der Waals surface area (Å²) >= 11 is 0. The van der Waals surface area contributed by atoms with Crippen LogP contribution in [-0.4, -0.2) is 35.0 Å². The van der Waals surface area contributed by atoms with E-state index in [9.17, 15) is 14.7 Å². The number of hydrogen-bond donors (Lipinski definition) is 1. The number of amides is 1. The monoisotopic (exact) mass is 295 g/mol. The normalized spacial score (nSPS) is 27.6. The Kier molecular flexibility index (Phi) is 5.65. The smallest absolute Gasteiger partial charge is 0.311 e. The van der Waals surface area contributed by atoms with Gasteiger partial charge in [-0.1, -0.05) is 39.0 Å². The minimum Gasteiger partial charge on any atom is -0.481 e. The van der Waals surface area contributed by atoms with Crippen molar-refractivity contribution in [3.63, 3.8) is 0 Å². The van der Waals surface area contributed by atoms with Gasteiger partial charge in [-0.05, 0) is 31.6 Å². The number of carboxylic acids is 1. The molecule has 21 heavy (non-hydrogen) atoms. The van der Waals surface area contributed by atoms with E-state index in [1.807, 2.05) is 11.8 Å². The highest BCUT2D eigenvalue weighted by molar-refractivity contribution is 5.80. The van der Waals surface area contributed by atoms with Gasteiger partial charge in [-0.15, -0.1) is 0 Å². The van der Waals surface area contributed by atoms with Crippen LogP contribution in [0.2, 0.25) is 0 Å². The van der Waals surface area contributed by atoms with Crippen LogP contribution in [-0.2, 0) is 9.59 Å². The molecule has 1 saturated carbocycles. The first-order chi connectivity index (χ1) is 10.1. The van der Waals surface area contributed by atoms with Crippen molar-refractivity contribution >= 4 is 11.9 Å². The molecule has 0 aromatic carbocycles. The Morgan fingerprint density at radius 3 is 2.43 bits per heavy atom. The van der Waals surface area contributed by atoms with Crippen molar-refractivity contribution in [1.82, 2.24) is 4.90 Å². The van der Waals surface area contributed by atoms with Crippen LogP contribution in [0.25, 0.3) is 0 Å². The third-order valence-electron chi connectivity index (χ3n) is 5.33. The van der Waals surface area contributed by atoms with Crippen molar-refractivity contribution in [3.05, 3.63) is 0 Å². The maximum absolute atomic E-state index is 12.5. The molecule has 0 radical (unpaired) electrons. The molecule has 2 rings (SSSR count). The molecule has 0 bridgehead atoms. The highest BCUT2D eigenvalue weighted by atomic mass is 16.4. The number of likely N-dealkylation sites (tertiary alicyclic amines) is 1. The molecular weight excluding hydrogens is 266 g/mol. The van der Waals surface area contributed by atoms with Crippen LogP contribution in [0.3, 0.4) is 0 Å². The second kappa shape index (κ2) is 7.28. The quantitative estimate of drug-likeness (QED) is 0.790. The van der Waals surface area contributed by atoms with Crippen molar-refractivity contribution in [1.29, 1.82) is 0 Å². The molecule has 1 N–H and O–H groups in total. The third-order valence-corrected chi connectivity index (χ3v) is 5.33. The van der Waals surface area contributed by atoms with Crippen LogP contribution in [0.1, 0.15) is 71.1 Å². The van der Waals surface area contributed by atoms with E-state index in [1.165, 1.54) is 38.5 Å². The zero-order chi connectivity index (χ0) is 15.3. The summed E-state index contributed by atoms with van der Waals surface area (Å²) in [6.07, 6.45) is 10.2. The summed E-state index contributed by atoms with van der Waals surface area (Å²) < 4.78 is 0. The Morgan fingerprint density at radius 1 is 1.19 bits per heavy atom. The van der Waals surface area contributed by atoms with Gasteiger partial charge in [-0.3, -0.25) is 9.59 Å². The van der Waals surface area contributed by atoms with E-state index in [-0.39, 0.29) is 5.91 Å². The second-order valence-electron chi connectivity index (χ2n) is 6.96. The zero-order valence-electron chi connectivity index (χ0n) is 13.3. The standard InChI is InChI=1S/C17H29NO3/c1-2-9-17(16(20)21)10-11-18(13-17)15(19)12-14-7-5-3-4-6-8-14/h14H,2-13H2,1H3,(H,20,21). The molecular formula is C17H29NO3. The van der Waals surface area contributed by atoms with Crippen LogP contribution in [0.4, 0.5) is 0 Å². The molecule has 1 aliphatic heterocycles. The Hall–Kier alpha value is -1.06. The Bertz CT molecular complexity index is 374. The Balaban J connectivity index is 1.90. The molecule has 2 aliphatic rings. The number of carbonyl (C=O) groups excluding carboxylic acids is 1. The van der Waals surface area contributed by atoms with Gasteiger partial charge in [0.2, 0.25) is 5.91 Å². The Morgan fingerprint density at radius 2 is 1.86 bits per heavy atom. The van der Waals surface area contributed by atoms with Crippen LogP contribution in [0, 0.1) is 11.3 Å². The van der Waals surface area contributed by atoms with Crippen molar-refractivity contribution in [2.45, 2.75) is 71.1 Å². The molecule has 4 heteroatoms. The minimum atomic E-state index is -0.728. The van der Waals surface area contributed by atoms with Crippen molar-refractivity contribution in [2.75, 3.05) is 13.1 Å². The number of nitrogens with zero attached hydrogens (tertiary/aromatic N) is 1. The molecule has 4 nitrogen and oxygen atoms in total. The van der Waals surface area contributed by atoms with Crippen LogP contribution in [0.15, 0.2) is 0 Å². The van der Waals surface area contributed by atoms with Gasteiger partial charge in [0, 0.05) is 19.5 Å². The maximum Gasteiger partial charge on any atom is 0.311 e. The number of aliphatic carboxylic acids is 1. The van der Waals surface area contributed by atoms with Crippen LogP contribution in [0.5, 0.6) is 0 Å². The number of carboxylic acid groups (broad SMARTS) is 1. The first-order valence-electron chi connectivity index (χ1n) is 8.58. The van der Waals surface area contributed by atoms with Gasteiger partial charge in [0.25, 0.3) is 0 Å². The molecule has 1 amide bonds. The molecule has 2 fully saturated rings. The fourth-order valence-electron chi connectivity index (χ4n) is 3.99. The van der Waals surface area contributed by atoms with E-state index in [1.54, 1.807) is 0 Å². The molecule has 1 aliphatic carbocycles. The van der Waals surface area contributed by atoms with Gasteiger partial charge >= 0.3 is 5.97 Å². The van der Waals surface area contributed by atoms with E-state index in [0.717, 1.165) is 6.42 Å². The summed E-state index contributed by atoms with van der Waals surface area (Å²) in [5.41, 5.74) is -0.687. The van der Waals surface area contributed by atoms with Gasteiger partial charge in [0.1, 0.15) is 0 Å². The lowest BCUT2D eigenvalue weighted by Crippen LogP contribution is -2.37. The molecule has 1 heterocycles. The lowest BCUT2D eigenvalue weighted by atomic mass is 9.83. The fourth-order valence-corrected chi connectivity index (χ4v) is 3.99. The van der Waals surface area contributed by atoms with Gasteiger partial charge in [-0.2, -0.15) is 0 Å². The lowest BCUT2D eigenvalue weighted by molar-refractivity contribution is -0.149. The predicted octanol–water partition coefficient (Wildman–Crippen LogP) is 3.45. The highest BCUT2D eigenvalue weighted by Crippen LogP contribution is 2.36. The lowest BCUT2D eigenvalue weighted by Gasteiger charge is -2.25. The highest BCUT2D eigenvalue weighted by Gasteiger charge is 2.45. The van der Waals surface area contributed by atoms with E-state index < -0.39 is 11.4 Å². The summed E-state index contributed by atoms with van der Waals surface area (Å²) in [6.45, 7) is 3.06. The summed E-state index contributed by atoms with van der Waals surface area (Å²) in [5.74, 6) is -0.0266. The minimum absolute atomic E-state index is 0.182. The van der Waals surface area contributed by atoms with Crippen LogP contribution >= 0.6 is 0 Å². The average Bonchev–Trinajstić information content (AvgIpc) is 2.72. The predicted molar refractivity (Wildman–Crippen MR) is 82.0 cm³/mol. The molecule has 0 aromatic rings. The molecule has 1 unspecified atom stereocenters. The van der Waals surface area contributed by atoms with Crippen molar-refractivity contribution in [3.8, 4) is 0 Å². The first-order valence-corrected chi connectivity index (χ1v) is 8.58. The third kappa shape index (κ3) is 3.98. The molecule has 1 atom stereocenters. The summed E-state index contributed by atoms with van der Waals surface area (Å²) in [4.78, 5) is 25.9. The molecule has 1 saturated heterocycles. The summed E-state index contributed by atoms with van der Waals surface area (Å²) in [5, 5.41) is 9.52. The summed E-state index contributed by atoms with van der Waals surface area (Å²) in [7, 11) is 0. The van der Waals surface area contributed by atoms with Crippen molar-refractivity contribution in [2.24, 2.45) is 11.3 Å². The fraction of sp³-hybridized carbons (Fsp3) is 0.882. The van der Waals surface area contributed by atoms with Gasteiger partial charge in [-0.25, -0.2) is 0 Å².